The fourth-order valence-corrected chi connectivity index (χ4v) is 1.49. The number of ether oxygens (including phenoxy) is 1. The highest BCUT2D eigenvalue weighted by molar-refractivity contribution is 5.38. The quantitative estimate of drug-likeness (QED) is 0.885. The summed E-state index contributed by atoms with van der Waals surface area (Å²) in [5.41, 5.74) is 0. The summed E-state index contributed by atoms with van der Waals surface area (Å²) in [6, 6.07) is 1.36. The molecule has 2 rings (SSSR count). The largest absolute Gasteiger partial charge is 0.478 e. The molecule has 0 unspecified atom stereocenters. The fourth-order valence-electron chi connectivity index (χ4n) is 1.49. The van der Waals surface area contributed by atoms with Crippen LogP contribution in [0.2, 0.25) is 0 Å². The number of aromatic nitrogens is 2. The van der Waals surface area contributed by atoms with Crippen LogP contribution in [0.5, 0.6) is 5.88 Å². The highest BCUT2D eigenvalue weighted by Gasteiger charge is 2.35. The standard InChI is InChI=1S/C11H14F3N3O/c1-15-8-6-9(18-5-4-7-2-3-7)17-10(16-8)11(12,13)14/h6-7H,2-5H2,1H3,(H,15,16,17). The molecule has 4 nitrogen and oxygen atoms in total. The fraction of sp³-hybridized carbons (Fsp3) is 0.636. The lowest BCUT2D eigenvalue weighted by Gasteiger charge is -2.10. The normalized spacial score (nSPS) is 15.6. The van der Waals surface area contributed by atoms with Crippen LogP contribution in [0, 0.1) is 5.92 Å². The van der Waals surface area contributed by atoms with Crippen molar-refractivity contribution in [3.63, 3.8) is 0 Å². The lowest BCUT2D eigenvalue weighted by Crippen LogP contribution is -2.13. The summed E-state index contributed by atoms with van der Waals surface area (Å²) in [5.74, 6) is -0.463. The highest BCUT2D eigenvalue weighted by atomic mass is 19.4. The maximum atomic E-state index is 12.5. The Morgan fingerprint density at radius 3 is 2.67 bits per heavy atom. The van der Waals surface area contributed by atoms with Gasteiger partial charge >= 0.3 is 6.18 Å². The van der Waals surface area contributed by atoms with Gasteiger partial charge in [-0.3, -0.25) is 0 Å². The van der Waals surface area contributed by atoms with Gasteiger partial charge in [-0.1, -0.05) is 12.8 Å². The third-order valence-electron chi connectivity index (χ3n) is 2.69. The van der Waals surface area contributed by atoms with Gasteiger partial charge in [-0.15, -0.1) is 0 Å². The zero-order valence-electron chi connectivity index (χ0n) is 9.92. The van der Waals surface area contributed by atoms with E-state index in [2.05, 4.69) is 15.3 Å². The molecular formula is C11H14F3N3O. The molecule has 100 valence electrons. The van der Waals surface area contributed by atoms with Gasteiger partial charge < -0.3 is 10.1 Å². The van der Waals surface area contributed by atoms with Crippen molar-refractivity contribution >= 4 is 5.82 Å². The lowest BCUT2D eigenvalue weighted by atomic mass is 10.3. The monoisotopic (exact) mass is 261 g/mol. The number of rotatable bonds is 5. The smallest absolute Gasteiger partial charge is 0.451 e. The van der Waals surface area contributed by atoms with Gasteiger partial charge in [0.15, 0.2) is 0 Å². The van der Waals surface area contributed by atoms with E-state index in [4.69, 9.17) is 4.74 Å². The summed E-state index contributed by atoms with van der Waals surface area (Å²) in [4.78, 5) is 6.72. The molecule has 0 aliphatic heterocycles. The molecule has 1 fully saturated rings. The van der Waals surface area contributed by atoms with Crippen molar-refractivity contribution in [1.29, 1.82) is 0 Å². The van der Waals surface area contributed by atoms with E-state index in [1.165, 1.54) is 26.0 Å². The summed E-state index contributed by atoms with van der Waals surface area (Å²) in [5, 5.41) is 2.56. The maximum Gasteiger partial charge on any atom is 0.451 e. The minimum atomic E-state index is -4.57. The Labute approximate surface area is 103 Å². The average molecular weight is 261 g/mol. The third kappa shape index (κ3) is 3.48. The van der Waals surface area contributed by atoms with E-state index in [0.29, 0.717) is 12.5 Å². The van der Waals surface area contributed by atoms with Crippen molar-refractivity contribution in [2.24, 2.45) is 5.92 Å². The molecule has 0 bridgehead atoms. The van der Waals surface area contributed by atoms with Crippen molar-refractivity contribution in [2.45, 2.75) is 25.4 Å². The third-order valence-corrected chi connectivity index (χ3v) is 2.69. The Balaban J connectivity index is 2.07. The number of nitrogens with one attached hydrogen (secondary N) is 1. The second-order valence-electron chi connectivity index (χ2n) is 4.24. The molecule has 1 heterocycles. The van der Waals surface area contributed by atoms with Crippen LogP contribution in [0.1, 0.15) is 25.1 Å². The molecule has 1 aromatic rings. The molecule has 7 heteroatoms. The number of halogens is 3. The van der Waals surface area contributed by atoms with Crippen LogP contribution in [-0.4, -0.2) is 23.6 Å². The second-order valence-corrected chi connectivity index (χ2v) is 4.24. The minimum Gasteiger partial charge on any atom is -0.478 e. The molecule has 1 aliphatic rings. The Bertz CT molecular complexity index is 418. The second kappa shape index (κ2) is 4.99. The molecule has 1 aromatic heterocycles. The van der Waals surface area contributed by atoms with Crippen LogP contribution in [0.15, 0.2) is 6.07 Å². The zero-order chi connectivity index (χ0) is 13.2. The van der Waals surface area contributed by atoms with E-state index in [-0.39, 0.29) is 11.7 Å². The molecule has 0 amide bonds. The number of hydrogen-bond acceptors (Lipinski definition) is 4. The average Bonchev–Trinajstić information content (AvgIpc) is 3.11. The molecular weight excluding hydrogens is 247 g/mol. The summed E-state index contributed by atoms with van der Waals surface area (Å²) < 4.78 is 42.9. The summed E-state index contributed by atoms with van der Waals surface area (Å²) in [6.45, 7) is 0.391. The van der Waals surface area contributed by atoms with Crippen LogP contribution in [0.4, 0.5) is 19.0 Å². The van der Waals surface area contributed by atoms with Crippen LogP contribution < -0.4 is 10.1 Å². The Morgan fingerprint density at radius 1 is 1.39 bits per heavy atom. The number of alkyl halides is 3. The van der Waals surface area contributed by atoms with Crippen LogP contribution in [0.25, 0.3) is 0 Å². The topological polar surface area (TPSA) is 47.0 Å². The predicted octanol–water partition coefficient (Wildman–Crippen LogP) is 2.72. The first kappa shape index (κ1) is 12.9. The van der Waals surface area contributed by atoms with Crippen molar-refractivity contribution in [2.75, 3.05) is 19.0 Å². The van der Waals surface area contributed by atoms with Gasteiger partial charge in [-0.05, 0) is 12.3 Å². The molecule has 18 heavy (non-hydrogen) atoms. The first-order valence-electron chi connectivity index (χ1n) is 5.76. The van der Waals surface area contributed by atoms with Gasteiger partial charge in [0.25, 0.3) is 0 Å². The molecule has 0 aromatic carbocycles. The molecule has 1 aliphatic carbocycles. The van der Waals surface area contributed by atoms with E-state index in [1.807, 2.05) is 0 Å². The molecule has 0 atom stereocenters. The Kier molecular flexibility index (Phi) is 3.58. The number of nitrogens with zero attached hydrogens (tertiary/aromatic N) is 2. The number of anilines is 1. The van der Waals surface area contributed by atoms with E-state index in [9.17, 15) is 13.2 Å². The van der Waals surface area contributed by atoms with Crippen molar-refractivity contribution in [3.05, 3.63) is 11.9 Å². The highest BCUT2D eigenvalue weighted by Crippen LogP contribution is 2.32. The molecule has 0 saturated heterocycles. The van der Waals surface area contributed by atoms with E-state index < -0.39 is 12.0 Å². The van der Waals surface area contributed by atoms with Crippen LogP contribution >= 0.6 is 0 Å². The van der Waals surface area contributed by atoms with Crippen molar-refractivity contribution in [3.8, 4) is 5.88 Å². The predicted molar refractivity (Wildman–Crippen MR) is 59.4 cm³/mol. The van der Waals surface area contributed by atoms with Crippen molar-refractivity contribution < 1.29 is 17.9 Å². The first-order chi connectivity index (χ1) is 8.49. The molecule has 0 radical (unpaired) electrons. The van der Waals surface area contributed by atoms with Crippen molar-refractivity contribution in [1.82, 2.24) is 9.97 Å². The molecule has 0 spiro atoms. The first-order valence-corrected chi connectivity index (χ1v) is 5.76. The summed E-state index contributed by atoms with van der Waals surface area (Å²) >= 11 is 0. The van der Waals surface area contributed by atoms with E-state index in [1.54, 1.807) is 0 Å². The van der Waals surface area contributed by atoms with E-state index in [0.717, 1.165) is 6.42 Å². The Hall–Kier alpha value is -1.53. The van der Waals surface area contributed by atoms with Gasteiger partial charge in [0.05, 0.1) is 6.61 Å². The minimum absolute atomic E-state index is 0.0395. The molecule has 1 N–H and O–H groups in total. The molecule has 1 saturated carbocycles. The lowest BCUT2D eigenvalue weighted by molar-refractivity contribution is -0.145. The van der Waals surface area contributed by atoms with Gasteiger partial charge in [0.2, 0.25) is 11.7 Å². The van der Waals surface area contributed by atoms with Crippen LogP contribution in [0.3, 0.4) is 0 Å². The van der Waals surface area contributed by atoms with Crippen LogP contribution in [-0.2, 0) is 6.18 Å². The summed E-state index contributed by atoms with van der Waals surface area (Å²) in [6.07, 6.45) is -1.34. The zero-order valence-corrected chi connectivity index (χ0v) is 9.92. The summed E-state index contributed by atoms with van der Waals surface area (Å²) in [7, 11) is 1.50. The number of hydrogen-bond donors (Lipinski definition) is 1. The van der Waals surface area contributed by atoms with Gasteiger partial charge in [0, 0.05) is 13.1 Å². The Morgan fingerprint density at radius 2 is 2.11 bits per heavy atom. The van der Waals surface area contributed by atoms with Gasteiger partial charge in [0.1, 0.15) is 5.82 Å². The van der Waals surface area contributed by atoms with Gasteiger partial charge in [-0.25, -0.2) is 4.98 Å². The van der Waals surface area contributed by atoms with Gasteiger partial charge in [-0.2, -0.15) is 18.2 Å². The SMILES string of the molecule is CNc1cc(OCCC2CC2)nc(C(F)(F)F)n1. The van der Waals surface area contributed by atoms with E-state index >= 15 is 0 Å². The maximum absolute atomic E-state index is 12.5.